The number of morpholine rings is 1. The van der Waals surface area contributed by atoms with E-state index in [-0.39, 0.29) is 12.5 Å². The predicted molar refractivity (Wildman–Crippen MR) is 88.3 cm³/mol. The highest BCUT2D eigenvalue weighted by molar-refractivity contribution is 7.14. The first-order chi connectivity index (χ1) is 10.8. The molecule has 3 N–H and O–H groups in total. The number of amides is 1. The second-order valence-electron chi connectivity index (χ2n) is 4.94. The first-order valence-electron chi connectivity index (χ1n) is 7.15. The zero-order valence-electron chi connectivity index (χ0n) is 12.1. The maximum Gasteiger partial charge on any atom is 0.239 e. The van der Waals surface area contributed by atoms with E-state index >= 15 is 0 Å². The Morgan fingerprint density at radius 1 is 1.41 bits per heavy atom. The predicted octanol–water partition coefficient (Wildman–Crippen LogP) is 1.54. The summed E-state index contributed by atoms with van der Waals surface area (Å²) in [5.41, 5.74) is 8.35. The Morgan fingerprint density at radius 2 is 2.23 bits per heavy atom. The summed E-state index contributed by atoms with van der Waals surface area (Å²) in [6.45, 7) is 3.28. The van der Waals surface area contributed by atoms with Gasteiger partial charge in [0.2, 0.25) is 5.91 Å². The van der Waals surface area contributed by atoms with Gasteiger partial charge in [-0.15, -0.1) is 11.3 Å². The summed E-state index contributed by atoms with van der Waals surface area (Å²) in [6.07, 6.45) is 0. The maximum absolute atomic E-state index is 11.3. The largest absolute Gasteiger partial charge is 0.378 e. The van der Waals surface area contributed by atoms with Crippen molar-refractivity contribution in [3.8, 4) is 11.3 Å². The Bertz CT molecular complexity index is 652. The Kier molecular flexibility index (Phi) is 4.67. The molecular weight excluding hydrogens is 300 g/mol. The molecule has 0 aliphatic carbocycles. The standard InChI is InChI=1S/C15H18N4O2S/c16-9-14(20)18-15-17-13(10-22-15)11-2-1-3-12(8-11)19-4-6-21-7-5-19/h1-3,8,10H,4-7,9,16H2,(H,17,18,20). The van der Waals surface area contributed by atoms with E-state index in [1.165, 1.54) is 17.0 Å². The van der Waals surface area contributed by atoms with Gasteiger partial charge in [-0.05, 0) is 12.1 Å². The molecule has 2 aromatic rings. The van der Waals surface area contributed by atoms with Gasteiger partial charge in [-0.3, -0.25) is 4.79 Å². The zero-order chi connectivity index (χ0) is 15.4. The monoisotopic (exact) mass is 318 g/mol. The lowest BCUT2D eigenvalue weighted by Gasteiger charge is -2.29. The Balaban J connectivity index is 1.78. The van der Waals surface area contributed by atoms with Crippen LogP contribution in [0.5, 0.6) is 0 Å². The topological polar surface area (TPSA) is 80.5 Å². The van der Waals surface area contributed by atoms with Crippen LogP contribution in [0.25, 0.3) is 11.3 Å². The molecule has 1 aliphatic rings. The second kappa shape index (κ2) is 6.87. The third-order valence-corrected chi connectivity index (χ3v) is 4.21. The van der Waals surface area contributed by atoms with E-state index in [0.717, 1.165) is 37.6 Å². The van der Waals surface area contributed by atoms with Crippen molar-refractivity contribution >= 4 is 28.1 Å². The van der Waals surface area contributed by atoms with Crippen molar-refractivity contribution in [2.24, 2.45) is 5.73 Å². The minimum Gasteiger partial charge on any atom is -0.378 e. The van der Waals surface area contributed by atoms with Crippen LogP contribution in [-0.2, 0) is 9.53 Å². The number of hydrogen-bond acceptors (Lipinski definition) is 6. The van der Waals surface area contributed by atoms with Gasteiger partial charge in [0.1, 0.15) is 0 Å². The summed E-state index contributed by atoms with van der Waals surface area (Å²) in [7, 11) is 0. The van der Waals surface area contributed by atoms with Crippen LogP contribution in [0.1, 0.15) is 0 Å². The highest BCUT2D eigenvalue weighted by atomic mass is 32.1. The molecule has 7 heteroatoms. The van der Waals surface area contributed by atoms with E-state index in [0.29, 0.717) is 5.13 Å². The third kappa shape index (κ3) is 3.44. The second-order valence-corrected chi connectivity index (χ2v) is 5.80. The maximum atomic E-state index is 11.3. The van der Waals surface area contributed by atoms with E-state index in [4.69, 9.17) is 10.5 Å². The van der Waals surface area contributed by atoms with Gasteiger partial charge in [0.15, 0.2) is 5.13 Å². The molecule has 6 nitrogen and oxygen atoms in total. The summed E-state index contributed by atoms with van der Waals surface area (Å²) in [5.74, 6) is -0.233. The molecule has 1 saturated heterocycles. The van der Waals surface area contributed by atoms with E-state index in [1.54, 1.807) is 0 Å². The molecule has 1 aromatic heterocycles. The number of anilines is 2. The van der Waals surface area contributed by atoms with E-state index in [1.807, 2.05) is 17.5 Å². The van der Waals surface area contributed by atoms with Crippen LogP contribution in [0.15, 0.2) is 29.6 Å². The molecule has 1 aromatic carbocycles. The number of carbonyl (C=O) groups excluding carboxylic acids is 1. The molecule has 0 radical (unpaired) electrons. The summed E-state index contributed by atoms with van der Waals surface area (Å²) >= 11 is 1.40. The Labute approximate surface area is 132 Å². The molecule has 1 fully saturated rings. The fraction of sp³-hybridized carbons (Fsp3) is 0.333. The molecule has 1 amide bonds. The van der Waals surface area contributed by atoms with E-state index < -0.39 is 0 Å². The SMILES string of the molecule is NCC(=O)Nc1nc(-c2cccc(N3CCOCC3)c2)cs1. The number of rotatable bonds is 4. The average molecular weight is 318 g/mol. The van der Waals surface area contributed by atoms with Crippen LogP contribution in [0.2, 0.25) is 0 Å². The van der Waals surface area contributed by atoms with E-state index in [9.17, 15) is 4.79 Å². The van der Waals surface area contributed by atoms with Crippen molar-refractivity contribution in [2.75, 3.05) is 43.1 Å². The van der Waals surface area contributed by atoms with Gasteiger partial charge in [0.05, 0.1) is 25.5 Å². The van der Waals surface area contributed by atoms with Gasteiger partial charge in [0, 0.05) is 29.7 Å². The van der Waals surface area contributed by atoms with Crippen LogP contribution < -0.4 is 16.0 Å². The summed E-state index contributed by atoms with van der Waals surface area (Å²) < 4.78 is 5.38. The molecule has 2 heterocycles. The molecule has 0 unspecified atom stereocenters. The number of nitrogens with one attached hydrogen (secondary N) is 1. The van der Waals surface area contributed by atoms with Gasteiger partial charge < -0.3 is 20.7 Å². The van der Waals surface area contributed by atoms with Gasteiger partial charge >= 0.3 is 0 Å². The molecular formula is C15H18N4O2S. The summed E-state index contributed by atoms with van der Waals surface area (Å²) in [6, 6.07) is 8.26. The van der Waals surface area contributed by atoms with Gasteiger partial charge in [-0.2, -0.15) is 0 Å². The van der Waals surface area contributed by atoms with Crippen LogP contribution in [0.3, 0.4) is 0 Å². The van der Waals surface area contributed by atoms with Crippen molar-refractivity contribution < 1.29 is 9.53 Å². The van der Waals surface area contributed by atoms with Crippen molar-refractivity contribution in [1.82, 2.24) is 4.98 Å². The minimum atomic E-state index is -0.233. The van der Waals surface area contributed by atoms with Crippen LogP contribution in [0.4, 0.5) is 10.8 Å². The smallest absolute Gasteiger partial charge is 0.239 e. The van der Waals surface area contributed by atoms with Crippen molar-refractivity contribution in [1.29, 1.82) is 0 Å². The van der Waals surface area contributed by atoms with Gasteiger partial charge in [-0.25, -0.2) is 4.98 Å². The summed E-state index contributed by atoms with van der Waals surface area (Å²) in [4.78, 5) is 18.0. The molecule has 1 aliphatic heterocycles. The first-order valence-corrected chi connectivity index (χ1v) is 8.03. The fourth-order valence-corrected chi connectivity index (χ4v) is 3.05. The molecule has 0 saturated carbocycles. The van der Waals surface area contributed by atoms with Crippen molar-refractivity contribution in [2.45, 2.75) is 0 Å². The first kappa shape index (κ1) is 15.0. The lowest BCUT2D eigenvalue weighted by Crippen LogP contribution is -2.36. The normalized spacial score (nSPS) is 14.9. The van der Waals surface area contributed by atoms with Crippen molar-refractivity contribution in [3.63, 3.8) is 0 Å². The lowest BCUT2D eigenvalue weighted by molar-refractivity contribution is -0.114. The number of hydrogen-bond donors (Lipinski definition) is 2. The fourth-order valence-electron chi connectivity index (χ4n) is 2.32. The van der Waals surface area contributed by atoms with Gasteiger partial charge in [0.25, 0.3) is 0 Å². The number of ether oxygens (including phenoxy) is 1. The number of nitrogens with zero attached hydrogens (tertiary/aromatic N) is 2. The average Bonchev–Trinajstić information content (AvgIpc) is 3.04. The van der Waals surface area contributed by atoms with Crippen molar-refractivity contribution in [3.05, 3.63) is 29.6 Å². The number of nitrogens with two attached hydrogens (primary N) is 1. The summed E-state index contributed by atoms with van der Waals surface area (Å²) in [5, 5.41) is 5.18. The number of benzene rings is 1. The quantitative estimate of drug-likeness (QED) is 0.894. The molecule has 3 rings (SSSR count). The zero-order valence-corrected chi connectivity index (χ0v) is 12.9. The minimum absolute atomic E-state index is 0.0402. The van der Waals surface area contributed by atoms with Crippen LogP contribution in [0, 0.1) is 0 Å². The van der Waals surface area contributed by atoms with Crippen LogP contribution in [-0.4, -0.2) is 43.7 Å². The third-order valence-electron chi connectivity index (χ3n) is 3.45. The molecule has 0 spiro atoms. The Morgan fingerprint density at radius 3 is 3.00 bits per heavy atom. The lowest BCUT2D eigenvalue weighted by atomic mass is 10.1. The highest BCUT2D eigenvalue weighted by Crippen LogP contribution is 2.28. The van der Waals surface area contributed by atoms with Crippen LogP contribution >= 0.6 is 11.3 Å². The molecule has 22 heavy (non-hydrogen) atoms. The molecule has 0 bridgehead atoms. The van der Waals surface area contributed by atoms with E-state index in [2.05, 4.69) is 27.3 Å². The number of aromatic nitrogens is 1. The molecule has 0 atom stereocenters. The number of thiazole rings is 1. The highest BCUT2D eigenvalue weighted by Gasteiger charge is 2.13. The Hall–Kier alpha value is -1.96. The van der Waals surface area contributed by atoms with Gasteiger partial charge in [-0.1, -0.05) is 12.1 Å². The molecule has 116 valence electrons. The number of carbonyl (C=O) groups is 1.